The van der Waals surface area contributed by atoms with E-state index in [2.05, 4.69) is 23.2 Å². The number of piperidine rings is 2. The van der Waals surface area contributed by atoms with E-state index in [1.54, 1.807) is 0 Å². The Kier molecular flexibility index (Phi) is 5.32. The lowest BCUT2D eigenvalue weighted by Gasteiger charge is -2.57. The SMILES string of the molecule is C[C@@H]1C[C@H]1NC1CCN(C2(CC#N)CN(C(=O)N3CCC(O)CC3)C2)CC1. The molecule has 0 bridgehead atoms. The average molecular weight is 376 g/mol. The summed E-state index contributed by atoms with van der Waals surface area (Å²) in [5.41, 5.74) is -0.155. The van der Waals surface area contributed by atoms with Crippen LogP contribution in [0.4, 0.5) is 4.79 Å². The fourth-order valence-electron chi connectivity index (χ4n) is 5.00. The predicted molar refractivity (Wildman–Crippen MR) is 102 cm³/mol. The van der Waals surface area contributed by atoms with E-state index < -0.39 is 0 Å². The Morgan fingerprint density at radius 2 is 1.78 bits per heavy atom. The van der Waals surface area contributed by atoms with Crippen LogP contribution in [0.5, 0.6) is 0 Å². The largest absolute Gasteiger partial charge is 0.393 e. The second kappa shape index (κ2) is 7.57. The third kappa shape index (κ3) is 3.94. The van der Waals surface area contributed by atoms with Crippen molar-refractivity contribution in [3.8, 4) is 6.07 Å². The fraction of sp³-hybridized carbons (Fsp3) is 0.900. The van der Waals surface area contributed by atoms with Crippen LogP contribution in [0.1, 0.15) is 45.4 Å². The van der Waals surface area contributed by atoms with E-state index in [1.165, 1.54) is 6.42 Å². The second-order valence-electron chi connectivity index (χ2n) is 9.16. The van der Waals surface area contributed by atoms with Crippen molar-refractivity contribution in [3.63, 3.8) is 0 Å². The van der Waals surface area contributed by atoms with E-state index in [0.717, 1.165) is 37.9 Å². The summed E-state index contributed by atoms with van der Waals surface area (Å²) in [6.45, 7) is 6.93. The minimum Gasteiger partial charge on any atom is -0.393 e. The second-order valence-corrected chi connectivity index (χ2v) is 9.16. The van der Waals surface area contributed by atoms with Crippen LogP contribution in [0.15, 0.2) is 0 Å². The van der Waals surface area contributed by atoms with Crippen molar-refractivity contribution in [2.75, 3.05) is 39.3 Å². The highest BCUT2D eigenvalue weighted by atomic mass is 16.3. The number of aliphatic hydroxyl groups excluding tert-OH is 1. The summed E-state index contributed by atoms with van der Waals surface area (Å²) in [5.74, 6) is 0.829. The van der Waals surface area contributed by atoms with Gasteiger partial charge in [0.1, 0.15) is 0 Å². The number of urea groups is 1. The summed E-state index contributed by atoms with van der Waals surface area (Å²) in [6.07, 6.45) is 5.14. The molecule has 0 spiro atoms. The molecule has 4 rings (SSSR count). The van der Waals surface area contributed by atoms with Crippen molar-refractivity contribution in [2.45, 2.75) is 69.2 Å². The topological polar surface area (TPSA) is 82.8 Å². The lowest BCUT2D eigenvalue weighted by Crippen LogP contribution is -2.73. The lowest BCUT2D eigenvalue weighted by molar-refractivity contribution is -0.0509. The molecular weight excluding hydrogens is 342 g/mol. The molecule has 7 nitrogen and oxygen atoms in total. The normalized spacial score (nSPS) is 32.0. The molecule has 2 N–H and O–H groups in total. The number of carbonyl (C=O) groups excluding carboxylic acids is 1. The Morgan fingerprint density at radius 1 is 1.15 bits per heavy atom. The standard InChI is InChI=1S/C20H33N5O2/c1-15-12-18(15)22-16-2-10-25(11-3-16)20(6-7-21)13-24(14-20)19(27)23-8-4-17(26)5-9-23/h15-18,22,26H,2-6,8-14H2,1H3/t15-,18-/m1/s1. The Balaban J connectivity index is 1.28. The average Bonchev–Trinajstić information content (AvgIpc) is 3.33. The van der Waals surface area contributed by atoms with Crippen LogP contribution < -0.4 is 5.32 Å². The molecule has 1 aliphatic carbocycles. The van der Waals surface area contributed by atoms with Gasteiger partial charge in [-0.1, -0.05) is 6.92 Å². The van der Waals surface area contributed by atoms with Gasteiger partial charge in [0.15, 0.2) is 0 Å². The Hall–Kier alpha value is -1.36. The first-order chi connectivity index (χ1) is 13.0. The zero-order chi connectivity index (χ0) is 19.0. The number of nitrogens with zero attached hydrogens (tertiary/aromatic N) is 4. The highest BCUT2D eigenvalue weighted by Gasteiger charge is 2.51. The Bertz CT molecular complexity index is 584. The van der Waals surface area contributed by atoms with Gasteiger partial charge < -0.3 is 20.2 Å². The smallest absolute Gasteiger partial charge is 0.320 e. The minimum atomic E-state index is -0.267. The van der Waals surface area contributed by atoms with Gasteiger partial charge in [0.05, 0.1) is 24.1 Å². The minimum absolute atomic E-state index is 0.0785. The summed E-state index contributed by atoms with van der Waals surface area (Å²) in [4.78, 5) is 18.9. The summed E-state index contributed by atoms with van der Waals surface area (Å²) < 4.78 is 0. The number of likely N-dealkylation sites (tertiary alicyclic amines) is 3. The molecule has 2 atom stereocenters. The molecule has 0 aromatic rings. The van der Waals surface area contributed by atoms with Crippen molar-refractivity contribution in [1.82, 2.24) is 20.0 Å². The van der Waals surface area contributed by atoms with E-state index in [1.807, 2.05) is 9.80 Å². The van der Waals surface area contributed by atoms with Crippen LogP contribution >= 0.6 is 0 Å². The van der Waals surface area contributed by atoms with Crippen LogP contribution in [-0.2, 0) is 0 Å². The van der Waals surface area contributed by atoms with Gasteiger partial charge in [-0.15, -0.1) is 0 Å². The molecule has 1 saturated carbocycles. The van der Waals surface area contributed by atoms with E-state index in [9.17, 15) is 15.2 Å². The molecular formula is C20H33N5O2. The first-order valence-corrected chi connectivity index (χ1v) is 10.6. The van der Waals surface area contributed by atoms with Crippen molar-refractivity contribution in [1.29, 1.82) is 5.26 Å². The van der Waals surface area contributed by atoms with Gasteiger partial charge in [0.25, 0.3) is 0 Å². The quantitative estimate of drug-likeness (QED) is 0.766. The number of rotatable bonds is 4. The molecule has 27 heavy (non-hydrogen) atoms. The van der Waals surface area contributed by atoms with Crippen LogP contribution in [0.3, 0.4) is 0 Å². The lowest BCUT2D eigenvalue weighted by atomic mass is 9.83. The molecule has 0 aromatic heterocycles. The number of aliphatic hydroxyl groups is 1. The molecule has 3 heterocycles. The van der Waals surface area contributed by atoms with Gasteiger partial charge >= 0.3 is 6.03 Å². The molecule has 4 aliphatic rings. The highest BCUT2D eigenvalue weighted by molar-refractivity contribution is 5.76. The maximum absolute atomic E-state index is 12.7. The number of nitrogens with one attached hydrogen (secondary N) is 1. The van der Waals surface area contributed by atoms with Crippen LogP contribution in [0.2, 0.25) is 0 Å². The molecule has 3 aliphatic heterocycles. The number of nitriles is 1. The van der Waals surface area contributed by atoms with Crippen molar-refractivity contribution in [3.05, 3.63) is 0 Å². The number of hydrogen-bond acceptors (Lipinski definition) is 5. The summed E-state index contributed by atoms with van der Waals surface area (Å²) >= 11 is 0. The predicted octanol–water partition coefficient (Wildman–Crippen LogP) is 0.994. The molecule has 2 amide bonds. The molecule has 150 valence electrons. The number of amides is 2. The maximum atomic E-state index is 12.7. The van der Waals surface area contributed by atoms with Gasteiger partial charge in [0, 0.05) is 51.4 Å². The van der Waals surface area contributed by atoms with Crippen molar-refractivity contribution >= 4 is 6.03 Å². The van der Waals surface area contributed by atoms with Gasteiger partial charge in [-0.05, 0) is 38.0 Å². The first kappa shape index (κ1) is 19.0. The molecule has 3 saturated heterocycles. The van der Waals surface area contributed by atoms with E-state index >= 15 is 0 Å². The third-order valence-corrected chi connectivity index (χ3v) is 7.11. The zero-order valence-electron chi connectivity index (χ0n) is 16.4. The van der Waals surface area contributed by atoms with Crippen LogP contribution in [0, 0.1) is 17.2 Å². The van der Waals surface area contributed by atoms with Gasteiger partial charge in [-0.3, -0.25) is 4.90 Å². The van der Waals surface area contributed by atoms with Crippen LogP contribution in [0.25, 0.3) is 0 Å². The zero-order valence-corrected chi connectivity index (χ0v) is 16.4. The third-order valence-electron chi connectivity index (χ3n) is 7.11. The summed E-state index contributed by atoms with van der Waals surface area (Å²) in [6, 6.07) is 3.77. The summed E-state index contributed by atoms with van der Waals surface area (Å²) in [7, 11) is 0. The molecule has 4 fully saturated rings. The summed E-state index contributed by atoms with van der Waals surface area (Å²) in [5, 5.41) is 22.8. The molecule has 0 radical (unpaired) electrons. The monoisotopic (exact) mass is 375 g/mol. The van der Waals surface area contributed by atoms with Gasteiger partial charge in [0.2, 0.25) is 0 Å². The van der Waals surface area contributed by atoms with E-state index in [0.29, 0.717) is 51.5 Å². The van der Waals surface area contributed by atoms with Crippen molar-refractivity contribution < 1.29 is 9.90 Å². The first-order valence-electron chi connectivity index (χ1n) is 10.6. The van der Waals surface area contributed by atoms with E-state index in [-0.39, 0.29) is 17.7 Å². The highest BCUT2D eigenvalue weighted by Crippen LogP contribution is 2.36. The molecule has 7 heteroatoms. The number of carbonyl (C=O) groups is 1. The van der Waals surface area contributed by atoms with Crippen LogP contribution in [-0.4, -0.2) is 88.8 Å². The fourth-order valence-corrected chi connectivity index (χ4v) is 5.00. The van der Waals surface area contributed by atoms with Gasteiger partial charge in [-0.25, -0.2) is 4.79 Å². The molecule has 0 unspecified atom stereocenters. The Labute approximate surface area is 162 Å². The molecule has 0 aromatic carbocycles. The van der Waals surface area contributed by atoms with Crippen molar-refractivity contribution in [2.24, 2.45) is 5.92 Å². The van der Waals surface area contributed by atoms with E-state index in [4.69, 9.17) is 0 Å². The van der Waals surface area contributed by atoms with Gasteiger partial charge in [-0.2, -0.15) is 5.26 Å². The Morgan fingerprint density at radius 3 is 2.33 bits per heavy atom. The number of hydrogen-bond donors (Lipinski definition) is 2. The maximum Gasteiger partial charge on any atom is 0.320 e.